The molecule has 0 atom stereocenters. The van der Waals surface area contributed by atoms with Gasteiger partial charge in [0, 0.05) is 22.7 Å². The van der Waals surface area contributed by atoms with Crippen LogP contribution in [0.4, 0.5) is 0 Å². The summed E-state index contributed by atoms with van der Waals surface area (Å²) >= 11 is 1.22. The van der Waals surface area contributed by atoms with Crippen LogP contribution in [0, 0.1) is 6.92 Å². The lowest BCUT2D eigenvalue weighted by Gasteiger charge is -1.99. The lowest BCUT2D eigenvalue weighted by atomic mass is 10.2. The molecule has 1 aromatic carbocycles. The number of para-hydroxylation sites is 1. The molecule has 0 saturated heterocycles. The fourth-order valence-electron chi connectivity index (χ4n) is 2.41. The smallest absolute Gasteiger partial charge is 0.355 e. The molecule has 8 heteroatoms. The van der Waals surface area contributed by atoms with E-state index in [1.807, 2.05) is 24.3 Å². The first-order valence-corrected chi connectivity index (χ1v) is 8.03. The van der Waals surface area contributed by atoms with Crippen LogP contribution in [0.25, 0.3) is 15.9 Å². The Labute approximate surface area is 139 Å². The van der Waals surface area contributed by atoms with Gasteiger partial charge in [0.15, 0.2) is 5.01 Å². The highest BCUT2D eigenvalue weighted by molar-refractivity contribution is 7.16. The standard InChI is InChI=1S/C16H12N4O3S/c1-9-6-14(21)20-16(17-9)24-13(19-20)8-23-15(22)12-7-10-4-2-3-5-11(10)18-12/h2-7,18H,8H2,1H3. The predicted octanol–water partition coefficient (Wildman–Crippen LogP) is 2.30. The van der Waals surface area contributed by atoms with Crippen molar-refractivity contribution in [1.82, 2.24) is 19.6 Å². The Morgan fingerprint density at radius 1 is 1.33 bits per heavy atom. The van der Waals surface area contributed by atoms with E-state index in [1.54, 1.807) is 13.0 Å². The topological polar surface area (TPSA) is 89.4 Å². The molecule has 3 heterocycles. The van der Waals surface area contributed by atoms with Crippen molar-refractivity contribution in [2.75, 3.05) is 0 Å². The van der Waals surface area contributed by atoms with Gasteiger partial charge in [-0.15, -0.1) is 0 Å². The Hall–Kier alpha value is -3.00. The quantitative estimate of drug-likeness (QED) is 0.578. The van der Waals surface area contributed by atoms with Crippen LogP contribution in [0.3, 0.4) is 0 Å². The summed E-state index contributed by atoms with van der Waals surface area (Å²) in [6.45, 7) is 1.73. The average molecular weight is 340 g/mol. The van der Waals surface area contributed by atoms with Gasteiger partial charge in [0.1, 0.15) is 12.3 Å². The molecule has 0 aliphatic carbocycles. The minimum absolute atomic E-state index is 0.0132. The molecule has 4 aromatic rings. The monoisotopic (exact) mass is 340 g/mol. The van der Waals surface area contributed by atoms with Crippen molar-refractivity contribution < 1.29 is 9.53 Å². The molecule has 0 aliphatic rings. The van der Waals surface area contributed by atoms with Crippen LogP contribution < -0.4 is 5.56 Å². The second-order valence-electron chi connectivity index (χ2n) is 5.27. The summed E-state index contributed by atoms with van der Waals surface area (Å²) in [7, 11) is 0. The zero-order chi connectivity index (χ0) is 16.7. The second-order valence-corrected chi connectivity index (χ2v) is 6.31. The summed E-state index contributed by atoms with van der Waals surface area (Å²) in [5.41, 5.74) is 1.63. The first-order valence-electron chi connectivity index (χ1n) is 7.21. The number of rotatable bonds is 3. The van der Waals surface area contributed by atoms with Crippen molar-refractivity contribution in [1.29, 1.82) is 0 Å². The molecule has 0 radical (unpaired) electrons. The Kier molecular flexibility index (Phi) is 3.39. The number of aromatic amines is 1. The maximum Gasteiger partial charge on any atom is 0.355 e. The highest BCUT2D eigenvalue weighted by atomic mass is 32.1. The fourth-order valence-corrected chi connectivity index (χ4v) is 3.26. The number of fused-ring (bicyclic) bond motifs is 2. The Bertz CT molecular complexity index is 1090. The van der Waals surface area contributed by atoms with Crippen LogP contribution in [0.15, 0.2) is 41.2 Å². The Balaban J connectivity index is 1.55. The predicted molar refractivity (Wildman–Crippen MR) is 89.3 cm³/mol. The molecule has 0 spiro atoms. The number of carbonyl (C=O) groups excluding carboxylic acids is 1. The molecule has 3 aromatic heterocycles. The van der Waals surface area contributed by atoms with E-state index in [2.05, 4.69) is 15.1 Å². The number of nitrogens with zero attached hydrogens (tertiary/aromatic N) is 3. The van der Waals surface area contributed by atoms with Crippen LogP contribution in [0.2, 0.25) is 0 Å². The van der Waals surface area contributed by atoms with E-state index in [-0.39, 0.29) is 12.2 Å². The SMILES string of the molecule is Cc1cc(=O)n2nc(COC(=O)c3cc4ccccc4[nH]3)sc2n1. The average Bonchev–Trinajstić information content (AvgIpc) is 3.16. The lowest BCUT2D eigenvalue weighted by Crippen LogP contribution is -2.14. The molecule has 1 N–H and O–H groups in total. The van der Waals surface area contributed by atoms with Gasteiger partial charge in [-0.05, 0) is 19.1 Å². The molecule has 0 fully saturated rings. The van der Waals surface area contributed by atoms with E-state index in [9.17, 15) is 9.59 Å². The van der Waals surface area contributed by atoms with Gasteiger partial charge in [0.25, 0.3) is 5.56 Å². The van der Waals surface area contributed by atoms with Crippen LogP contribution in [0.1, 0.15) is 21.2 Å². The summed E-state index contributed by atoms with van der Waals surface area (Å²) < 4.78 is 6.49. The van der Waals surface area contributed by atoms with Gasteiger partial charge < -0.3 is 9.72 Å². The second kappa shape index (κ2) is 5.57. The first kappa shape index (κ1) is 14.6. The third-order valence-electron chi connectivity index (χ3n) is 3.49. The molecule has 120 valence electrons. The molecular weight excluding hydrogens is 328 g/mol. The molecule has 0 aliphatic heterocycles. The molecule has 0 saturated carbocycles. The van der Waals surface area contributed by atoms with Gasteiger partial charge in [-0.25, -0.2) is 9.78 Å². The Morgan fingerprint density at radius 3 is 3.00 bits per heavy atom. The molecule has 4 rings (SSSR count). The van der Waals surface area contributed by atoms with E-state index >= 15 is 0 Å². The zero-order valence-electron chi connectivity index (χ0n) is 12.6. The first-order chi connectivity index (χ1) is 11.6. The Morgan fingerprint density at radius 2 is 2.17 bits per heavy atom. The van der Waals surface area contributed by atoms with Crippen LogP contribution in [-0.2, 0) is 11.3 Å². The molecular formula is C16H12N4O3S. The fraction of sp³-hybridized carbons (Fsp3) is 0.125. The number of esters is 1. The summed E-state index contributed by atoms with van der Waals surface area (Å²) in [6.07, 6.45) is 0. The van der Waals surface area contributed by atoms with Gasteiger partial charge in [-0.2, -0.15) is 9.61 Å². The number of nitrogens with one attached hydrogen (secondary N) is 1. The van der Waals surface area contributed by atoms with E-state index in [0.29, 0.717) is 21.4 Å². The maximum atomic E-state index is 12.2. The number of H-pyrrole nitrogens is 1. The highest BCUT2D eigenvalue weighted by Crippen LogP contribution is 2.17. The van der Waals surface area contributed by atoms with E-state index in [0.717, 1.165) is 10.9 Å². The number of ether oxygens (including phenoxy) is 1. The van der Waals surface area contributed by atoms with Gasteiger partial charge in [0.2, 0.25) is 4.96 Å². The van der Waals surface area contributed by atoms with Crippen molar-refractivity contribution in [3.05, 3.63) is 63.1 Å². The largest absolute Gasteiger partial charge is 0.454 e. The van der Waals surface area contributed by atoms with Gasteiger partial charge in [0.05, 0.1) is 0 Å². The molecule has 0 amide bonds. The number of benzene rings is 1. The van der Waals surface area contributed by atoms with Crippen molar-refractivity contribution in [3.63, 3.8) is 0 Å². The summed E-state index contributed by atoms with van der Waals surface area (Å²) in [4.78, 5) is 31.7. The number of aromatic nitrogens is 4. The third kappa shape index (κ3) is 2.56. The van der Waals surface area contributed by atoms with E-state index in [1.165, 1.54) is 21.9 Å². The number of hydrogen-bond donors (Lipinski definition) is 1. The lowest BCUT2D eigenvalue weighted by molar-refractivity contribution is 0.0465. The number of aryl methyl sites for hydroxylation is 1. The minimum atomic E-state index is -0.470. The minimum Gasteiger partial charge on any atom is -0.454 e. The van der Waals surface area contributed by atoms with Gasteiger partial charge in [-0.1, -0.05) is 29.5 Å². The highest BCUT2D eigenvalue weighted by Gasteiger charge is 2.13. The zero-order valence-corrected chi connectivity index (χ0v) is 13.5. The molecule has 0 bridgehead atoms. The normalized spacial score (nSPS) is 11.2. The van der Waals surface area contributed by atoms with E-state index in [4.69, 9.17) is 4.74 Å². The molecule has 0 unspecified atom stereocenters. The number of hydrogen-bond acceptors (Lipinski definition) is 6. The third-order valence-corrected chi connectivity index (χ3v) is 4.37. The van der Waals surface area contributed by atoms with Crippen LogP contribution in [0.5, 0.6) is 0 Å². The van der Waals surface area contributed by atoms with Crippen LogP contribution >= 0.6 is 11.3 Å². The molecule has 7 nitrogen and oxygen atoms in total. The molecule has 24 heavy (non-hydrogen) atoms. The number of carbonyl (C=O) groups is 1. The summed E-state index contributed by atoms with van der Waals surface area (Å²) in [6, 6.07) is 10.7. The summed E-state index contributed by atoms with van der Waals surface area (Å²) in [5.74, 6) is -0.470. The van der Waals surface area contributed by atoms with Crippen molar-refractivity contribution in [2.45, 2.75) is 13.5 Å². The van der Waals surface area contributed by atoms with Crippen molar-refractivity contribution in [3.8, 4) is 0 Å². The van der Waals surface area contributed by atoms with Crippen molar-refractivity contribution >= 4 is 33.2 Å². The van der Waals surface area contributed by atoms with Crippen molar-refractivity contribution in [2.24, 2.45) is 0 Å². The van der Waals surface area contributed by atoms with Crippen LogP contribution in [-0.4, -0.2) is 25.6 Å². The van der Waals surface area contributed by atoms with Gasteiger partial charge in [-0.3, -0.25) is 4.79 Å². The summed E-state index contributed by atoms with van der Waals surface area (Å²) in [5, 5.41) is 5.58. The van der Waals surface area contributed by atoms with Gasteiger partial charge >= 0.3 is 5.97 Å². The maximum absolute atomic E-state index is 12.2. The van der Waals surface area contributed by atoms with E-state index < -0.39 is 5.97 Å².